The molecule has 2 N–H and O–H groups in total. The third-order valence-corrected chi connectivity index (χ3v) is 5.75. The van der Waals surface area contributed by atoms with E-state index in [1.165, 1.54) is 0 Å². The van der Waals surface area contributed by atoms with Crippen LogP contribution in [0, 0.1) is 5.41 Å². The molecule has 114 valence electrons. The van der Waals surface area contributed by atoms with Crippen molar-refractivity contribution in [1.82, 2.24) is 15.5 Å². The van der Waals surface area contributed by atoms with E-state index in [-0.39, 0.29) is 41.2 Å². The first kappa shape index (κ1) is 15.6. The maximum absolute atomic E-state index is 12.7. The van der Waals surface area contributed by atoms with E-state index in [1.807, 2.05) is 16.7 Å². The van der Waals surface area contributed by atoms with Crippen molar-refractivity contribution < 1.29 is 9.59 Å². The largest absolute Gasteiger partial charge is 0.343 e. The molecule has 0 aliphatic carbocycles. The Labute approximate surface area is 125 Å². The predicted molar refractivity (Wildman–Crippen MR) is 81.4 cm³/mol. The van der Waals surface area contributed by atoms with Gasteiger partial charge >= 0.3 is 0 Å². The van der Waals surface area contributed by atoms with Crippen molar-refractivity contribution in [3.8, 4) is 0 Å². The van der Waals surface area contributed by atoms with Crippen LogP contribution in [0.15, 0.2) is 0 Å². The number of hydrogen-bond acceptors (Lipinski definition) is 4. The van der Waals surface area contributed by atoms with Gasteiger partial charge in [-0.15, -0.1) is 11.8 Å². The highest BCUT2D eigenvalue weighted by molar-refractivity contribution is 7.99. The minimum absolute atomic E-state index is 0.0857. The van der Waals surface area contributed by atoms with Crippen molar-refractivity contribution in [2.45, 2.75) is 51.1 Å². The van der Waals surface area contributed by atoms with Crippen LogP contribution in [-0.2, 0) is 9.59 Å². The van der Waals surface area contributed by atoms with Crippen LogP contribution in [0.3, 0.4) is 0 Å². The molecule has 3 atom stereocenters. The molecular formula is C14H25N3O2S. The van der Waals surface area contributed by atoms with Crippen molar-refractivity contribution in [2.24, 2.45) is 5.41 Å². The molecule has 2 aliphatic heterocycles. The number of nitrogens with zero attached hydrogens (tertiary/aromatic N) is 1. The molecule has 6 heteroatoms. The lowest BCUT2D eigenvalue weighted by molar-refractivity contribution is -0.137. The van der Waals surface area contributed by atoms with Crippen molar-refractivity contribution >= 4 is 23.6 Å². The van der Waals surface area contributed by atoms with Gasteiger partial charge in [-0.25, -0.2) is 0 Å². The van der Waals surface area contributed by atoms with Crippen LogP contribution >= 0.6 is 11.8 Å². The molecule has 0 aromatic carbocycles. The molecule has 5 nitrogen and oxygen atoms in total. The Morgan fingerprint density at radius 2 is 2.20 bits per heavy atom. The number of amides is 2. The van der Waals surface area contributed by atoms with Gasteiger partial charge in [0, 0.05) is 6.04 Å². The summed E-state index contributed by atoms with van der Waals surface area (Å²) in [5.41, 5.74) is 0.143. The quantitative estimate of drug-likeness (QED) is 0.809. The fourth-order valence-electron chi connectivity index (χ4n) is 2.98. The summed E-state index contributed by atoms with van der Waals surface area (Å²) in [6.07, 6.45) is 1.75. The summed E-state index contributed by atoms with van der Waals surface area (Å²) in [4.78, 5) is 26.5. The van der Waals surface area contributed by atoms with Crippen molar-refractivity contribution in [2.75, 3.05) is 19.3 Å². The lowest BCUT2D eigenvalue weighted by atomic mass is 9.86. The van der Waals surface area contributed by atoms with Crippen molar-refractivity contribution in [1.29, 1.82) is 0 Å². The van der Waals surface area contributed by atoms with Crippen LogP contribution < -0.4 is 10.6 Å². The summed E-state index contributed by atoms with van der Waals surface area (Å²) in [5, 5.41) is 5.94. The molecule has 0 radical (unpaired) electrons. The predicted octanol–water partition coefficient (Wildman–Crippen LogP) is 0.801. The van der Waals surface area contributed by atoms with Gasteiger partial charge in [-0.2, -0.15) is 0 Å². The zero-order valence-corrected chi connectivity index (χ0v) is 13.5. The number of fused-ring (bicyclic) bond motifs is 1. The van der Waals surface area contributed by atoms with Crippen molar-refractivity contribution in [3.05, 3.63) is 0 Å². The summed E-state index contributed by atoms with van der Waals surface area (Å²) < 4.78 is 0. The lowest BCUT2D eigenvalue weighted by Gasteiger charge is -2.32. The van der Waals surface area contributed by atoms with Gasteiger partial charge in [0.15, 0.2) is 0 Å². The number of nitrogens with one attached hydrogen (secondary N) is 2. The Morgan fingerprint density at radius 1 is 1.50 bits per heavy atom. The lowest BCUT2D eigenvalue weighted by Crippen LogP contribution is -2.52. The van der Waals surface area contributed by atoms with E-state index >= 15 is 0 Å². The van der Waals surface area contributed by atoms with Crippen LogP contribution in [0.4, 0.5) is 0 Å². The molecule has 2 aliphatic rings. The summed E-state index contributed by atoms with van der Waals surface area (Å²) in [7, 11) is 1.73. The van der Waals surface area contributed by atoms with Crippen LogP contribution in [0.1, 0.15) is 33.6 Å². The summed E-state index contributed by atoms with van der Waals surface area (Å²) in [6.45, 7) is 6.81. The summed E-state index contributed by atoms with van der Waals surface area (Å²) in [5.74, 6) is 0.892. The van der Waals surface area contributed by atoms with Gasteiger partial charge in [0.1, 0.15) is 6.04 Å². The van der Waals surface area contributed by atoms with Crippen LogP contribution in [-0.4, -0.2) is 53.5 Å². The molecule has 2 rings (SSSR count). The number of likely N-dealkylation sites (N-methyl/N-ethyl adjacent to an activating group) is 1. The molecule has 2 saturated heterocycles. The normalized spacial score (nSPS) is 32.7. The van der Waals surface area contributed by atoms with E-state index < -0.39 is 0 Å². The smallest absolute Gasteiger partial charge is 0.246 e. The molecule has 0 aromatic rings. The fraction of sp³-hybridized carbons (Fsp3) is 0.857. The maximum Gasteiger partial charge on any atom is 0.246 e. The van der Waals surface area contributed by atoms with Gasteiger partial charge in [0.25, 0.3) is 0 Å². The van der Waals surface area contributed by atoms with Gasteiger partial charge in [-0.05, 0) is 38.0 Å². The summed E-state index contributed by atoms with van der Waals surface area (Å²) >= 11 is 1.85. The first-order chi connectivity index (χ1) is 9.36. The van der Waals surface area contributed by atoms with Crippen LogP contribution in [0.2, 0.25) is 0 Å². The van der Waals surface area contributed by atoms with E-state index in [9.17, 15) is 9.59 Å². The zero-order valence-electron chi connectivity index (χ0n) is 12.7. The first-order valence-electron chi connectivity index (χ1n) is 7.24. The number of hydrogen-bond donors (Lipinski definition) is 2. The molecule has 2 amide bonds. The Bertz CT molecular complexity index is 400. The minimum atomic E-state index is -0.371. The second kappa shape index (κ2) is 5.93. The van der Waals surface area contributed by atoms with Gasteiger partial charge in [-0.1, -0.05) is 13.8 Å². The third-order valence-electron chi connectivity index (χ3n) is 4.50. The Kier molecular flexibility index (Phi) is 4.64. The molecule has 20 heavy (non-hydrogen) atoms. The fourth-order valence-corrected chi connectivity index (χ4v) is 4.62. The zero-order chi connectivity index (χ0) is 14.9. The third kappa shape index (κ3) is 2.96. The molecule has 2 fully saturated rings. The molecule has 0 bridgehead atoms. The van der Waals surface area contributed by atoms with E-state index in [2.05, 4.69) is 31.4 Å². The highest BCUT2D eigenvalue weighted by Gasteiger charge is 2.49. The minimum Gasteiger partial charge on any atom is -0.343 e. The molecule has 0 unspecified atom stereocenters. The Balaban J connectivity index is 2.11. The highest BCUT2D eigenvalue weighted by Crippen LogP contribution is 2.45. The molecule has 2 heterocycles. The number of rotatable bonds is 3. The monoisotopic (exact) mass is 299 g/mol. The molecule has 0 aromatic heterocycles. The standard InChI is InChI=1S/C14H25N3O2S/c1-9-14(2,3)7-12-17(9)13(19)10(5-6-20-12)16-11(18)8-15-4/h9-10,12,15H,5-8H2,1-4H3,(H,16,18)/t9-,10-,12+/m1/s1. The second-order valence-corrected chi connectivity index (χ2v) is 7.66. The maximum atomic E-state index is 12.7. The molecular weight excluding hydrogens is 274 g/mol. The first-order valence-corrected chi connectivity index (χ1v) is 8.29. The number of carbonyl (C=O) groups is 2. The van der Waals surface area contributed by atoms with E-state index in [1.54, 1.807) is 7.05 Å². The van der Waals surface area contributed by atoms with E-state index in [0.717, 1.165) is 18.6 Å². The molecule has 0 spiro atoms. The van der Waals surface area contributed by atoms with E-state index in [0.29, 0.717) is 0 Å². The van der Waals surface area contributed by atoms with E-state index in [4.69, 9.17) is 0 Å². The SMILES string of the molecule is CNCC(=O)N[C@@H]1CCS[C@H]2CC(C)(C)[C@@H](C)N2C1=O. The van der Waals surface area contributed by atoms with Crippen molar-refractivity contribution in [3.63, 3.8) is 0 Å². The number of carbonyl (C=O) groups excluding carboxylic acids is 2. The Morgan fingerprint density at radius 3 is 2.85 bits per heavy atom. The van der Waals surface area contributed by atoms with Gasteiger partial charge in [-0.3, -0.25) is 9.59 Å². The van der Waals surface area contributed by atoms with Gasteiger partial charge in [0.2, 0.25) is 11.8 Å². The average Bonchev–Trinajstić information content (AvgIpc) is 2.49. The average molecular weight is 299 g/mol. The van der Waals surface area contributed by atoms with Crippen LogP contribution in [0.5, 0.6) is 0 Å². The molecule has 0 saturated carbocycles. The van der Waals surface area contributed by atoms with Crippen LogP contribution in [0.25, 0.3) is 0 Å². The van der Waals surface area contributed by atoms with Gasteiger partial charge < -0.3 is 15.5 Å². The second-order valence-electron chi connectivity index (χ2n) is 6.38. The topological polar surface area (TPSA) is 61.4 Å². The van der Waals surface area contributed by atoms with Gasteiger partial charge in [0.05, 0.1) is 11.9 Å². The number of thioether (sulfide) groups is 1. The Hall–Kier alpha value is -0.750. The highest BCUT2D eigenvalue weighted by atomic mass is 32.2. The summed E-state index contributed by atoms with van der Waals surface area (Å²) in [6, 6.07) is -0.154.